The van der Waals surface area contributed by atoms with E-state index in [9.17, 15) is 4.79 Å². The minimum atomic E-state index is -1.12. The molecule has 0 radical (unpaired) electrons. The fourth-order valence-corrected chi connectivity index (χ4v) is 1.06. The van der Waals surface area contributed by atoms with Crippen molar-refractivity contribution in [3.8, 4) is 18.2 Å². The summed E-state index contributed by atoms with van der Waals surface area (Å²) in [6, 6.07) is 1.27. The van der Waals surface area contributed by atoms with Crippen molar-refractivity contribution >= 4 is 17.6 Å². The van der Waals surface area contributed by atoms with E-state index in [0.29, 0.717) is 13.0 Å². The van der Waals surface area contributed by atoms with Crippen LogP contribution in [0.5, 0.6) is 5.88 Å². The van der Waals surface area contributed by atoms with E-state index < -0.39 is 5.97 Å². The molecule has 0 saturated heterocycles. The third kappa shape index (κ3) is 3.15. The molecule has 0 fully saturated rings. The Labute approximate surface area is 91.8 Å². The number of aromatic nitrogens is 1. The summed E-state index contributed by atoms with van der Waals surface area (Å²) in [4.78, 5) is 14.5. The molecule has 15 heavy (non-hydrogen) atoms. The van der Waals surface area contributed by atoms with E-state index in [1.54, 1.807) is 0 Å². The summed E-state index contributed by atoms with van der Waals surface area (Å²) < 4.78 is 5.12. The summed E-state index contributed by atoms with van der Waals surface area (Å²) in [6.07, 6.45) is 6.70. The number of rotatable bonds is 4. The molecule has 1 N–H and O–H groups in total. The predicted octanol–water partition coefficient (Wildman–Crippen LogP) is 1.84. The second-order valence-corrected chi connectivity index (χ2v) is 3.02. The van der Waals surface area contributed by atoms with E-state index in [0.717, 1.165) is 0 Å². The second kappa shape index (κ2) is 5.23. The molecule has 0 atom stereocenters. The minimum Gasteiger partial charge on any atom is -0.478 e. The monoisotopic (exact) mass is 225 g/mol. The van der Waals surface area contributed by atoms with Crippen molar-refractivity contribution in [1.82, 2.24) is 4.98 Å². The van der Waals surface area contributed by atoms with E-state index in [2.05, 4.69) is 10.9 Å². The molecule has 1 rings (SSSR count). The quantitative estimate of drug-likeness (QED) is 0.628. The third-order valence-corrected chi connectivity index (χ3v) is 1.86. The van der Waals surface area contributed by atoms with Crippen molar-refractivity contribution in [3.63, 3.8) is 0 Å². The topological polar surface area (TPSA) is 59.4 Å². The molecule has 1 aromatic heterocycles. The lowest BCUT2D eigenvalue weighted by molar-refractivity contribution is 0.0696. The van der Waals surface area contributed by atoms with Crippen LogP contribution in [0.25, 0.3) is 0 Å². The van der Waals surface area contributed by atoms with Gasteiger partial charge in [0.05, 0.1) is 16.8 Å². The van der Waals surface area contributed by atoms with Gasteiger partial charge >= 0.3 is 5.97 Å². The maximum atomic E-state index is 10.7. The molecule has 0 bridgehead atoms. The zero-order chi connectivity index (χ0) is 11.3. The Morgan fingerprint density at radius 3 is 3.07 bits per heavy atom. The number of terminal acetylenes is 1. The van der Waals surface area contributed by atoms with E-state index >= 15 is 0 Å². The van der Waals surface area contributed by atoms with Crippen LogP contribution >= 0.6 is 11.6 Å². The SMILES string of the molecule is C#CCCOc1cc(C(=O)O)c(Cl)cn1. The highest BCUT2D eigenvalue weighted by atomic mass is 35.5. The van der Waals surface area contributed by atoms with Gasteiger partial charge in [0.15, 0.2) is 0 Å². The van der Waals surface area contributed by atoms with Crippen LogP contribution in [0, 0.1) is 12.3 Å². The molecular weight excluding hydrogens is 218 g/mol. The number of hydrogen-bond acceptors (Lipinski definition) is 3. The van der Waals surface area contributed by atoms with Crippen LogP contribution in [0.4, 0.5) is 0 Å². The number of halogens is 1. The van der Waals surface area contributed by atoms with E-state index in [1.165, 1.54) is 12.3 Å². The third-order valence-electron chi connectivity index (χ3n) is 1.56. The summed E-state index contributed by atoms with van der Waals surface area (Å²) in [6.45, 7) is 0.296. The van der Waals surface area contributed by atoms with Gasteiger partial charge in [0.2, 0.25) is 5.88 Å². The molecule has 0 aliphatic rings. The molecule has 0 saturated carbocycles. The van der Waals surface area contributed by atoms with Gasteiger partial charge in [-0.3, -0.25) is 0 Å². The average molecular weight is 226 g/mol. The maximum absolute atomic E-state index is 10.7. The van der Waals surface area contributed by atoms with Crippen LogP contribution < -0.4 is 4.74 Å². The number of hydrogen-bond donors (Lipinski definition) is 1. The minimum absolute atomic E-state index is 0.0395. The summed E-state index contributed by atoms with van der Waals surface area (Å²) >= 11 is 5.62. The predicted molar refractivity (Wildman–Crippen MR) is 55.2 cm³/mol. The van der Waals surface area contributed by atoms with Gasteiger partial charge < -0.3 is 9.84 Å². The Kier molecular flexibility index (Phi) is 3.95. The van der Waals surface area contributed by atoms with Crippen LogP contribution in [0.15, 0.2) is 12.3 Å². The Balaban J connectivity index is 2.79. The van der Waals surface area contributed by atoms with Gasteiger partial charge in [0.25, 0.3) is 0 Å². The largest absolute Gasteiger partial charge is 0.478 e. The van der Waals surface area contributed by atoms with Crippen molar-refractivity contribution in [2.45, 2.75) is 6.42 Å². The maximum Gasteiger partial charge on any atom is 0.337 e. The van der Waals surface area contributed by atoms with Crippen LogP contribution in [0.1, 0.15) is 16.8 Å². The number of nitrogens with zero attached hydrogens (tertiary/aromatic N) is 1. The molecule has 1 heterocycles. The molecule has 0 unspecified atom stereocenters. The van der Waals surface area contributed by atoms with E-state index in [4.69, 9.17) is 27.9 Å². The lowest BCUT2D eigenvalue weighted by Gasteiger charge is -2.04. The molecule has 0 aromatic carbocycles. The number of ether oxygens (including phenoxy) is 1. The average Bonchev–Trinajstić information content (AvgIpc) is 2.20. The van der Waals surface area contributed by atoms with E-state index in [1.807, 2.05) is 0 Å². The standard InChI is InChI=1S/C10H8ClNO3/c1-2-3-4-15-9-5-7(10(13)14)8(11)6-12-9/h1,5-6H,3-4H2,(H,13,14). The highest BCUT2D eigenvalue weighted by molar-refractivity contribution is 6.33. The fourth-order valence-electron chi connectivity index (χ4n) is 0.877. The summed E-state index contributed by atoms with van der Waals surface area (Å²) in [5.74, 6) is 1.47. The second-order valence-electron chi connectivity index (χ2n) is 2.61. The van der Waals surface area contributed by atoms with E-state index in [-0.39, 0.29) is 16.5 Å². The molecule has 1 aromatic rings. The Morgan fingerprint density at radius 2 is 2.47 bits per heavy atom. The highest BCUT2D eigenvalue weighted by Crippen LogP contribution is 2.19. The van der Waals surface area contributed by atoms with Crippen LogP contribution in [0.2, 0.25) is 5.02 Å². The molecule has 0 aliphatic carbocycles. The lowest BCUT2D eigenvalue weighted by atomic mass is 10.3. The van der Waals surface area contributed by atoms with Gasteiger partial charge in [-0.15, -0.1) is 12.3 Å². The van der Waals surface area contributed by atoms with Gasteiger partial charge in [0, 0.05) is 12.5 Å². The first-order chi connectivity index (χ1) is 7.15. The highest BCUT2D eigenvalue weighted by Gasteiger charge is 2.10. The summed E-state index contributed by atoms with van der Waals surface area (Å²) in [7, 11) is 0. The van der Waals surface area contributed by atoms with Gasteiger partial charge in [-0.05, 0) is 0 Å². The molecule has 0 aliphatic heterocycles. The van der Waals surface area contributed by atoms with Crippen molar-refractivity contribution in [3.05, 3.63) is 22.8 Å². The molecule has 4 nitrogen and oxygen atoms in total. The first-order valence-corrected chi connectivity index (χ1v) is 4.48. The zero-order valence-electron chi connectivity index (χ0n) is 7.74. The Bertz CT molecular complexity index is 412. The lowest BCUT2D eigenvalue weighted by Crippen LogP contribution is -2.02. The number of carboxylic acid groups (broad SMARTS) is 1. The number of carbonyl (C=O) groups is 1. The van der Waals surface area contributed by atoms with Crippen molar-refractivity contribution in [2.75, 3.05) is 6.61 Å². The molecular formula is C10H8ClNO3. The number of carboxylic acids is 1. The van der Waals surface area contributed by atoms with Gasteiger partial charge in [-0.1, -0.05) is 11.6 Å². The zero-order valence-corrected chi connectivity index (χ0v) is 8.49. The van der Waals surface area contributed by atoms with Crippen LogP contribution in [-0.2, 0) is 0 Å². The fraction of sp³-hybridized carbons (Fsp3) is 0.200. The smallest absolute Gasteiger partial charge is 0.337 e. The molecule has 0 spiro atoms. The van der Waals surface area contributed by atoms with Gasteiger partial charge in [-0.2, -0.15) is 0 Å². The molecule has 0 amide bonds. The summed E-state index contributed by atoms with van der Waals surface area (Å²) in [5, 5.41) is 8.84. The number of aromatic carboxylic acids is 1. The normalized spacial score (nSPS) is 9.33. The molecule has 78 valence electrons. The summed E-state index contributed by atoms with van der Waals surface area (Å²) in [5.41, 5.74) is -0.0395. The number of pyridine rings is 1. The Morgan fingerprint density at radius 1 is 1.73 bits per heavy atom. The first-order valence-electron chi connectivity index (χ1n) is 4.10. The molecule has 5 heteroatoms. The van der Waals surface area contributed by atoms with Crippen molar-refractivity contribution < 1.29 is 14.6 Å². The van der Waals surface area contributed by atoms with Crippen LogP contribution in [0.3, 0.4) is 0 Å². The van der Waals surface area contributed by atoms with Crippen molar-refractivity contribution in [1.29, 1.82) is 0 Å². The van der Waals surface area contributed by atoms with Gasteiger partial charge in [0.1, 0.15) is 6.61 Å². The van der Waals surface area contributed by atoms with Crippen LogP contribution in [-0.4, -0.2) is 22.7 Å². The first kappa shape index (κ1) is 11.3. The van der Waals surface area contributed by atoms with Gasteiger partial charge in [-0.25, -0.2) is 9.78 Å². The van der Waals surface area contributed by atoms with Crippen molar-refractivity contribution in [2.24, 2.45) is 0 Å². The Hall–Kier alpha value is -1.73.